The van der Waals surface area contributed by atoms with Gasteiger partial charge >= 0.3 is 0 Å². The summed E-state index contributed by atoms with van der Waals surface area (Å²) in [5, 5.41) is 0. The molecular formula is C18H21ClN2O3. The number of halogens is 1. The summed E-state index contributed by atoms with van der Waals surface area (Å²) >= 11 is 0. The minimum absolute atomic E-state index is 0. The Balaban J connectivity index is 0.00000208. The van der Waals surface area contributed by atoms with Gasteiger partial charge in [-0.15, -0.1) is 12.4 Å². The molecule has 0 saturated carbocycles. The third-order valence-electron chi connectivity index (χ3n) is 3.82. The normalized spacial score (nSPS) is 11.7. The maximum atomic E-state index is 12.7. The zero-order valence-electron chi connectivity index (χ0n) is 13.3. The fourth-order valence-electron chi connectivity index (χ4n) is 2.59. The lowest BCUT2D eigenvalue weighted by molar-refractivity contribution is 0.0761. The second kappa shape index (κ2) is 8.57. The fraction of sp³-hybridized carbons (Fsp3) is 0.278. The summed E-state index contributed by atoms with van der Waals surface area (Å²) in [7, 11) is 0. The SMILES string of the molecule is Cl.NCCN(CCc1ccccc1)C(=O)c1ccc2c(c1)OCO2. The second-order valence-corrected chi connectivity index (χ2v) is 5.38. The van der Waals surface area contributed by atoms with E-state index in [1.54, 1.807) is 23.1 Å². The van der Waals surface area contributed by atoms with E-state index in [0.717, 1.165) is 6.42 Å². The van der Waals surface area contributed by atoms with Gasteiger partial charge in [0.25, 0.3) is 5.91 Å². The molecule has 1 heterocycles. The number of amides is 1. The van der Waals surface area contributed by atoms with Crippen molar-refractivity contribution < 1.29 is 14.3 Å². The highest BCUT2D eigenvalue weighted by Crippen LogP contribution is 2.32. The largest absolute Gasteiger partial charge is 0.454 e. The third kappa shape index (κ3) is 4.19. The van der Waals surface area contributed by atoms with Crippen molar-refractivity contribution in [3.05, 3.63) is 59.7 Å². The standard InChI is InChI=1S/C18H20N2O3.ClH/c19-9-11-20(10-8-14-4-2-1-3-5-14)18(21)15-6-7-16-17(12-15)23-13-22-16;/h1-7,12H,8-11,13,19H2;1H. The summed E-state index contributed by atoms with van der Waals surface area (Å²) in [5.41, 5.74) is 7.46. The van der Waals surface area contributed by atoms with Crippen molar-refractivity contribution in [1.82, 2.24) is 4.90 Å². The average Bonchev–Trinajstić information content (AvgIpc) is 3.06. The van der Waals surface area contributed by atoms with Crippen LogP contribution in [0.5, 0.6) is 11.5 Å². The lowest BCUT2D eigenvalue weighted by Gasteiger charge is -2.22. The van der Waals surface area contributed by atoms with Gasteiger partial charge in [0.05, 0.1) is 0 Å². The molecule has 0 aromatic heterocycles. The highest BCUT2D eigenvalue weighted by atomic mass is 35.5. The maximum absolute atomic E-state index is 12.7. The summed E-state index contributed by atoms with van der Waals surface area (Å²) in [5.74, 6) is 1.26. The molecule has 2 aromatic carbocycles. The molecule has 2 N–H and O–H groups in total. The third-order valence-corrected chi connectivity index (χ3v) is 3.82. The van der Waals surface area contributed by atoms with E-state index in [-0.39, 0.29) is 25.1 Å². The van der Waals surface area contributed by atoms with Crippen molar-refractivity contribution in [2.75, 3.05) is 26.4 Å². The van der Waals surface area contributed by atoms with E-state index in [4.69, 9.17) is 15.2 Å². The highest BCUT2D eigenvalue weighted by Gasteiger charge is 2.19. The van der Waals surface area contributed by atoms with Crippen molar-refractivity contribution in [3.63, 3.8) is 0 Å². The molecule has 2 aromatic rings. The van der Waals surface area contributed by atoms with Gasteiger partial charge in [0.1, 0.15) is 0 Å². The molecule has 0 bridgehead atoms. The number of carbonyl (C=O) groups is 1. The van der Waals surface area contributed by atoms with E-state index in [1.807, 2.05) is 18.2 Å². The molecule has 5 nitrogen and oxygen atoms in total. The number of hydrogen-bond acceptors (Lipinski definition) is 4. The van der Waals surface area contributed by atoms with E-state index in [9.17, 15) is 4.79 Å². The van der Waals surface area contributed by atoms with Gasteiger partial charge in [-0.2, -0.15) is 0 Å². The lowest BCUT2D eigenvalue weighted by Crippen LogP contribution is -2.36. The number of hydrogen-bond donors (Lipinski definition) is 1. The van der Waals surface area contributed by atoms with Gasteiger partial charge in [-0.1, -0.05) is 30.3 Å². The Hall–Kier alpha value is -2.24. The predicted octanol–water partition coefficient (Wildman–Crippen LogP) is 2.48. The van der Waals surface area contributed by atoms with Crippen LogP contribution in [0.2, 0.25) is 0 Å². The summed E-state index contributed by atoms with van der Waals surface area (Å²) in [6, 6.07) is 15.4. The summed E-state index contributed by atoms with van der Waals surface area (Å²) < 4.78 is 10.6. The zero-order valence-corrected chi connectivity index (χ0v) is 14.1. The van der Waals surface area contributed by atoms with Crippen LogP contribution in [0, 0.1) is 0 Å². The Morgan fingerprint density at radius 2 is 1.79 bits per heavy atom. The van der Waals surface area contributed by atoms with Crippen molar-refractivity contribution >= 4 is 18.3 Å². The molecule has 0 radical (unpaired) electrons. The van der Waals surface area contributed by atoms with E-state index < -0.39 is 0 Å². The van der Waals surface area contributed by atoms with Gasteiger partial charge in [-0.05, 0) is 30.2 Å². The number of benzene rings is 2. The first-order valence-corrected chi connectivity index (χ1v) is 7.71. The Bertz CT molecular complexity index is 679. The van der Waals surface area contributed by atoms with Crippen LogP contribution >= 0.6 is 12.4 Å². The van der Waals surface area contributed by atoms with Crippen molar-refractivity contribution in [3.8, 4) is 11.5 Å². The van der Waals surface area contributed by atoms with Crippen molar-refractivity contribution in [1.29, 1.82) is 0 Å². The van der Waals surface area contributed by atoms with E-state index in [1.165, 1.54) is 5.56 Å². The van der Waals surface area contributed by atoms with Gasteiger partial charge < -0.3 is 20.1 Å². The molecule has 0 atom stereocenters. The number of carbonyl (C=O) groups excluding carboxylic acids is 1. The number of nitrogens with two attached hydrogens (primary N) is 1. The molecule has 3 rings (SSSR count). The predicted molar refractivity (Wildman–Crippen MR) is 94.9 cm³/mol. The molecule has 24 heavy (non-hydrogen) atoms. The molecule has 1 aliphatic heterocycles. The fourth-order valence-corrected chi connectivity index (χ4v) is 2.59. The Kier molecular flexibility index (Phi) is 6.46. The molecule has 1 aliphatic rings. The smallest absolute Gasteiger partial charge is 0.254 e. The molecule has 0 fully saturated rings. The van der Waals surface area contributed by atoms with Crippen LogP contribution in [-0.4, -0.2) is 37.2 Å². The molecule has 1 amide bonds. The van der Waals surface area contributed by atoms with Gasteiger partial charge in [0, 0.05) is 25.2 Å². The van der Waals surface area contributed by atoms with Crippen LogP contribution in [0.15, 0.2) is 48.5 Å². The van der Waals surface area contributed by atoms with Crippen molar-refractivity contribution in [2.24, 2.45) is 5.73 Å². The van der Waals surface area contributed by atoms with Gasteiger partial charge in [0.15, 0.2) is 11.5 Å². The number of nitrogens with zero attached hydrogens (tertiary/aromatic N) is 1. The van der Waals surface area contributed by atoms with E-state index >= 15 is 0 Å². The number of ether oxygens (including phenoxy) is 2. The molecule has 0 unspecified atom stereocenters. The first-order chi connectivity index (χ1) is 11.3. The first-order valence-electron chi connectivity index (χ1n) is 7.71. The van der Waals surface area contributed by atoms with Crippen LogP contribution in [0.3, 0.4) is 0 Å². The van der Waals surface area contributed by atoms with Crippen LogP contribution < -0.4 is 15.2 Å². The Morgan fingerprint density at radius 3 is 2.54 bits per heavy atom. The molecular weight excluding hydrogens is 328 g/mol. The Labute approximate surface area is 147 Å². The second-order valence-electron chi connectivity index (χ2n) is 5.38. The van der Waals surface area contributed by atoms with E-state index in [0.29, 0.717) is 36.7 Å². The molecule has 128 valence electrons. The maximum Gasteiger partial charge on any atom is 0.254 e. The molecule has 0 spiro atoms. The molecule has 6 heteroatoms. The molecule has 0 saturated heterocycles. The quantitative estimate of drug-likeness (QED) is 0.871. The van der Waals surface area contributed by atoms with Crippen LogP contribution in [-0.2, 0) is 6.42 Å². The minimum Gasteiger partial charge on any atom is -0.454 e. The Morgan fingerprint density at radius 1 is 1.04 bits per heavy atom. The summed E-state index contributed by atoms with van der Waals surface area (Å²) in [4.78, 5) is 14.5. The van der Waals surface area contributed by atoms with Crippen LogP contribution in [0.25, 0.3) is 0 Å². The average molecular weight is 349 g/mol. The molecule has 0 aliphatic carbocycles. The highest BCUT2D eigenvalue weighted by molar-refractivity contribution is 5.95. The number of fused-ring (bicyclic) bond motifs is 1. The van der Waals surface area contributed by atoms with Crippen molar-refractivity contribution in [2.45, 2.75) is 6.42 Å². The van der Waals surface area contributed by atoms with Gasteiger partial charge in [0.2, 0.25) is 6.79 Å². The zero-order chi connectivity index (χ0) is 16.1. The van der Waals surface area contributed by atoms with Crippen LogP contribution in [0.1, 0.15) is 15.9 Å². The summed E-state index contributed by atoms with van der Waals surface area (Å²) in [6.45, 7) is 1.80. The first kappa shape index (κ1) is 18.1. The van der Waals surface area contributed by atoms with Gasteiger partial charge in [-0.25, -0.2) is 0 Å². The summed E-state index contributed by atoms with van der Waals surface area (Å²) in [6.07, 6.45) is 0.803. The minimum atomic E-state index is -0.0373. The lowest BCUT2D eigenvalue weighted by atomic mass is 10.1. The monoisotopic (exact) mass is 348 g/mol. The van der Waals surface area contributed by atoms with Gasteiger partial charge in [-0.3, -0.25) is 4.79 Å². The van der Waals surface area contributed by atoms with E-state index in [2.05, 4.69) is 12.1 Å². The topological polar surface area (TPSA) is 64.8 Å². The van der Waals surface area contributed by atoms with Crippen LogP contribution in [0.4, 0.5) is 0 Å². The number of rotatable bonds is 6.